The number of hydrogen-bond donors (Lipinski definition) is 2. The summed E-state index contributed by atoms with van der Waals surface area (Å²) in [5, 5.41) is 7.44. The molecule has 2 rings (SSSR count). The molecular formula is C16H23N5O. The Hall–Kier alpha value is -2.50. The summed E-state index contributed by atoms with van der Waals surface area (Å²) < 4.78 is 7.05. The molecule has 0 bridgehead atoms. The van der Waals surface area contributed by atoms with E-state index in [4.69, 9.17) is 10.5 Å². The first-order valence-corrected chi connectivity index (χ1v) is 7.27. The lowest BCUT2D eigenvalue weighted by Gasteiger charge is -2.07. The molecule has 0 aliphatic heterocycles. The van der Waals surface area contributed by atoms with E-state index in [1.54, 1.807) is 11.8 Å². The molecule has 0 amide bonds. The second-order valence-electron chi connectivity index (χ2n) is 5.08. The minimum atomic E-state index is 0.374. The number of hydrogen-bond acceptors (Lipinski definition) is 3. The number of aromatic nitrogens is 2. The molecule has 0 saturated heterocycles. The molecular weight excluding hydrogens is 278 g/mol. The summed E-state index contributed by atoms with van der Waals surface area (Å²) in [7, 11) is 3.47. The molecule has 6 nitrogen and oxygen atoms in total. The van der Waals surface area contributed by atoms with Crippen LogP contribution in [-0.4, -0.2) is 22.8 Å². The van der Waals surface area contributed by atoms with Crippen LogP contribution in [0.15, 0.2) is 29.3 Å². The zero-order chi connectivity index (χ0) is 16.1. The number of ether oxygens (including phenoxy) is 1. The van der Waals surface area contributed by atoms with Crippen molar-refractivity contribution in [3.05, 3.63) is 41.1 Å². The van der Waals surface area contributed by atoms with Gasteiger partial charge in [-0.1, -0.05) is 19.1 Å². The van der Waals surface area contributed by atoms with Gasteiger partial charge in [-0.15, -0.1) is 0 Å². The Labute approximate surface area is 131 Å². The van der Waals surface area contributed by atoms with Gasteiger partial charge in [0.25, 0.3) is 0 Å². The second kappa shape index (κ2) is 6.98. The highest BCUT2D eigenvalue weighted by Gasteiger charge is 2.13. The molecule has 0 atom stereocenters. The van der Waals surface area contributed by atoms with E-state index in [0.29, 0.717) is 18.4 Å². The van der Waals surface area contributed by atoms with Crippen LogP contribution >= 0.6 is 0 Å². The van der Waals surface area contributed by atoms with Gasteiger partial charge in [-0.25, -0.2) is 9.67 Å². The Morgan fingerprint density at radius 1 is 1.45 bits per heavy atom. The summed E-state index contributed by atoms with van der Waals surface area (Å²) in [5.74, 6) is 1.08. The van der Waals surface area contributed by atoms with E-state index in [0.717, 1.165) is 23.4 Å². The lowest BCUT2D eigenvalue weighted by Crippen LogP contribution is -2.22. The normalized spacial score (nSPS) is 11.5. The third kappa shape index (κ3) is 3.58. The van der Waals surface area contributed by atoms with Gasteiger partial charge in [0.15, 0.2) is 5.96 Å². The van der Waals surface area contributed by atoms with Crippen molar-refractivity contribution in [1.29, 1.82) is 0 Å². The number of benzene rings is 1. The van der Waals surface area contributed by atoms with Crippen LogP contribution in [0.2, 0.25) is 0 Å². The molecule has 1 heterocycles. The highest BCUT2D eigenvalue weighted by atomic mass is 16.5. The summed E-state index contributed by atoms with van der Waals surface area (Å²) in [6, 6.07) is 8.13. The summed E-state index contributed by atoms with van der Waals surface area (Å²) in [4.78, 5) is 4.38. The molecule has 118 valence electrons. The summed E-state index contributed by atoms with van der Waals surface area (Å²) >= 11 is 0. The largest absolute Gasteiger partial charge is 0.481 e. The number of nitrogens with two attached hydrogens (primary N) is 1. The first kappa shape index (κ1) is 15.9. The number of anilines is 1. The van der Waals surface area contributed by atoms with E-state index in [1.807, 2.05) is 26.1 Å². The third-order valence-electron chi connectivity index (χ3n) is 3.50. The van der Waals surface area contributed by atoms with Crippen molar-refractivity contribution in [3.8, 4) is 5.88 Å². The van der Waals surface area contributed by atoms with E-state index < -0.39 is 0 Å². The minimum Gasteiger partial charge on any atom is -0.481 e. The maximum atomic E-state index is 5.96. The van der Waals surface area contributed by atoms with Crippen LogP contribution in [0.4, 0.5) is 5.69 Å². The zero-order valence-corrected chi connectivity index (χ0v) is 13.6. The van der Waals surface area contributed by atoms with Crippen molar-refractivity contribution in [3.63, 3.8) is 0 Å². The van der Waals surface area contributed by atoms with Gasteiger partial charge in [-0.3, -0.25) is 0 Å². The third-order valence-corrected chi connectivity index (χ3v) is 3.50. The summed E-state index contributed by atoms with van der Waals surface area (Å²) in [6.45, 7) is 4.48. The maximum absolute atomic E-state index is 5.96. The van der Waals surface area contributed by atoms with Crippen molar-refractivity contribution < 1.29 is 4.74 Å². The van der Waals surface area contributed by atoms with Gasteiger partial charge in [0.2, 0.25) is 5.88 Å². The van der Waals surface area contributed by atoms with Gasteiger partial charge >= 0.3 is 0 Å². The number of rotatable bonds is 5. The molecule has 0 fully saturated rings. The fourth-order valence-corrected chi connectivity index (χ4v) is 2.34. The Bertz CT molecular complexity index is 675. The van der Waals surface area contributed by atoms with E-state index >= 15 is 0 Å². The Kier molecular flexibility index (Phi) is 5.04. The van der Waals surface area contributed by atoms with Gasteiger partial charge in [0.05, 0.1) is 24.9 Å². The van der Waals surface area contributed by atoms with Gasteiger partial charge in [0, 0.05) is 12.7 Å². The Morgan fingerprint density at radius 2 is 2.23 bits per heavy atom. The molecule has 2 aromatic rings. The number of methoxy groups -OCH3 is 1. The quantitative estimate of drug-likeness (QED) is 0.656. The van der Waals surface area contributed by atoms with E-state index in [-0.39, 0.29) is 0 Å². The molecule has 0 saturated carbocycles. The predicted octanol–water partition coefficient (Wildman–Crippen LogP) is 2.23. The van der Waals surface area contributed by atoms with Crippen LogP contribution in [0, 0.1) is 6.92 Å². The highest BCUT2D eigenvalue weighted by molar-refractivity contribution is 5.92. The predicted molar refractivity (Wildman–Crippen MR) is 89.3 cm³/mol. The van der Waals surface area contributed by atoms with Gasteiger partial charge in [-0.2, -0.15) is 5.10 Å². The molecule has 1 aromatic heterocycles. The van der Waals surface area contributed by atoms with Crippen molar-refractivity contribution in [2.75, 3.05) is 12.4 Å². The SMILES string of the molecule is CCc1cccc(NC(N)=NCc2c(C)nn(C)c2OC)c1. The van der Waals surface area contributed by atoms with Crippen LogP contribution in [0.25, 0.3) is 0 Å². The summed E-state index contributed by atoms with van der Waals surface area (Å²) in [5.41, 5.74) is 9.99. The van der Waals surface area contributed by atoms with Gasteiger partial charge in [0.1, 0.15) is 0 Å². The molecule has 0 spiro atoms. The van der Waals surface area contributed by atoms with Crippen molar-refractivity contribution in [2.45, 2.75) is 26.8 Å². The topological polar surface area (TPSA) is 77.5 Å². The van der Waals surface area contributed by atoms with Crippen molar-refractivity contribution in [2.24, 2.45) is 17.8 Å². The van der Waals surface area contributed by atoms with Crippen LogP contribution in [0.5, 0.6) is 5.88 Å². The minimum absolute atomic E-state index is 0.374. The molecule has 3 N–H and O–H groups in total. The molecule has 22 heavy (non-hydrogen) atoms. The lowest BCUT2D eigenvalue weighted by atomic mass is 10.1. The second-order valence-corrected chi connectivity index (χ2v) is 5.08. The van der Waals surface area contributed by atoms with E-state index in [2.05, 4.69) is 34.5 Å². The van der Waals surface area contributed by atoms with Gasteiger partial charge in [-0.05, 0) is 31.0 Å². The average Bonchev–Trinajstić information content (AvgIpc) is 2.78. The molecule has 0 unspecified atom stereocenters. The lowest BCUT2D eigenvalue weighted by molar-refractivity contribution is 0.369. The number of guanidine groups is 1. The smallest absolute Gasteiger partial charge is 0.216 e. The van der Waals surface area contributed by atoms with Crippen LogP contribution in [-0.2, 0) is 20.0 Å². The fourth-order valence-electron chi connectivity index (χ4n) is 2.34. The number of nitrogens with zero attached hydrogens (tertiary/aromatic N) is 3. The molecule has 0 radical (unpaired) electrons. The highest BCUT2D eigenvalue weighted by Crippen LogP contribution is 2.21. The Morgan fingerprint density at radius 3 is 2.91 bits per heavy atom. The molecule has 0 aliphatic rings. The van der Waals surface area contributed by atoms with Crippen LogP contribution in [0.3, 0.4) is 0 Å². The van der Waals surface area contributed by atoms with E-state index in [9.17, 15) is 0 Å². The fraction of sp³-hybridized carbons (Fsp3) is 0.375. The monoisotopic (exact) mass is 301 g/mol. The first-order valence-electron chi connectivity index (χ1n) is 7.27. The van der Waals surface area contributed by atoms with Gasteiger partial charge < -0.3 is 15.8 Å². The first-order chi connectivity index (χ1) is 10.5. The molecule has 6 heteroatoms. The standard InChI is InChI=1S/C16H23N5O/c1-5-12-7-6-8-13(9-12)19-16(17)18-10-14-11(2)20-21(3)15(14)22-4/h6-9H,5,10H2,1-4H3,(H3,17,18,19). The van der Waals surface area contributed by atoms with E-state index in [1.165, 1.54) is 5.56 Å². The Balaban J connectivity index is 2.10. The molecule has 0 aliphatic carbocycles. The number of aryl methyl sites for hydroxylation is 3. The van der Waals surface area contributed by atoms with Crippen LogP contribution < -0.4 is 15.8 Å². The number of nitrogens with one attached hydrogen (secondary N) is 1. The van der Waals surface area contributed by atoms with Crippen LogP contribution in [0.1, 0.15) is 23.7 Å². The van der Waals surface area contributed by atoms with Crippen molar-refractivity contribution in [1.82, 2.24) is 9.78 Å². The number of aliphatic imine (C=N–C) groups is 1. The maximum Gasteiger partial charge on any atom is 0.216 e. The zero-order valence-electron chi connectivity index (χ0n) is 13.6. The molecule has 1 aromatic carbocycles. The summed E-state index contributed by atoms with van der Waals surface area (Å²) in [6.07, 6.45) is 0.985. The average molecular weight is 301 g/mol. The van der Waals surface area contributed by atoms with Crippen molar-refractivity contribution >= 4 is 11.6 Å².